The van der Waals surface area contributed by atoms with E-state index in [4.69, 9.17) is 33.9 Å². The molecule has 0 amide bonds. The van der Waals surface area contributed by atoms with Gasteiger partial charge in [-0.3, -0.25) is 4.57 Å². The van der Waals surface area contributed by atoms with E-state index in [1.165, 1.54) is 4.57 Å². The SMILES string of the molecule is CCCn1c(-c2cc(Cl)ccc2Cl)nnc1S(=O)(=O)Cl. The maximum Gasteiger partial charge on any atom is 0.296 e. The molecule has 0 saturated heterocycles. The van der Waals surface area contributed by atoms with Crippen LogP contribution in [0, 0.1) is 0 Å². The van der Waals surface area contributed by atoms with Gasteiger partial charge in [-0.25, -0.2) is 8.42 Å². The number of hydrogen-bond acceptors (Lipinski definition) is 4. The number of hydrogen-bond donors (Lipinski definition) is 0. The first kappa shape index (κ1) is 15.6. The number of halogens is 3. The van der Waals surface area contributed by atoms with E-state index in [0.29, 0.717) is 34.4 Å². The summed E-state index contributed by atoms with van der Waals surface area (Å²) < 4.78 is 24.4. The molecule has 108 valence electrons. The Morgan fingerprint density at radius 1 is 1.25 bits per heavy atom. The normalized spacial score (nSPS) is 11.8. The minimum Gasteiger partial charge on any atom is -0.297 e. The molecular formula is C11H10Cl3N3O2S. The fourth-order valence-electron chi connectivity index (χ4n) is 1.76. The molecule has 0 unspecified atom stereocenters. The topological polar surface area (TPSA) is 64.8 Å². The summed E-state index contributed by atoms with van der Waals surface area (Å²) in [6.45, 7) is 2.29. The number of aromatic nitrogens is 3. The van der Waals surface area contributed by atoms with Crippen LogP contribution in [0.3, 0.4) is 0 Å². The lowest BCUT2D eigenvalue weighted by Crippen LogP contribution is -2.07. The van der Waals surface area contributed by atoms with E-state index in [9.17, 15) is 8.42 Å². The minimum absolute atomic E-state index is 0.299. The van der Waals surface area contributed by atoms with Gasteiger partial charge in [0, 0.05) is 27.8 Å². The quantitative estimate of drug-likeness (QED) is 0.787. The van der Waals surface area contributed by atoms with Gasteiger partial charge in [0.2, 0.25) is 0 Å². The highest BCUT2D eigenvalue weighted by molar-refractivity contribution is 8.13. The smallest absolute Gasteiger partial charge is 0.296 e. The van der Waals surface area contributed by atoms with E-state index >= 15 is 0 Å². The Morgan fingerprint density at radius 2 is 1.95 bits per heavy atom. The molecule has 5 nitrogen and oxygen atoms in total. The third-order valence-electron chi connectivity index (χ3n) is 2.55. The Bertz CT molecular complexity index is 743. The number of nitrogens with zero attached hydrogens (tertiary/aromatic N) is 3. The van der Waals surface area contributed by atoms with Gasteiger partial charge in [0.05, 0.1) is 5.02 Å². The summed E-state index contributed by atoms with van der Waals surface area (Å²) >= 11 is 12.0. The second kappa shape index (κ2) is 5.89. The van der Waals surface area contributed by atoms with Crippen molar-refractivity contribution in [3.05, 3.63) is 28.2 Å². The van der Waals surface area contributed by atoms with Crippen molar-refractivity contribution in [3.8, 4) is 11.4 Å². The molecule has 2 aromatic rings. The van der Waals surface area contributed by atoms with Crippen molar-refractivity contribution in [3.63, 3.8) is 0 Å². The van der Waals surface area contributed by atoms with Gasteiger partial charge in [-0.2, -0.15) is 0 Å². The van der Waals surface area contributed by atoms with Gasteiger partial charge in [-0.1, -0.05) is 30.1 Å². The highest BCUT2D eigenvalue weighted by atomic mass is 35.7. The molecule has 0 aliphatic carbocycles. The molecule has 0 aliphatic heterocycles. The Hall–Kier alpha value is -0.820. The highest BCUT2D eigenvalue weighted by Crippen LogP contribution is 2.31. The van der Waals surface area contributed by atoms with Gasteiger partial charge in [-0.05, 0) is 24.6 Å². The zero-order valence-electron chi connectivity index (χ0n) is 10.3. The van der Waals surface area contributed by atoms with Crippen molar-refractivity contribution < 1.29 is 8.42 Å². The van der Waals surface area contributed by atoms with Crippen LogP contribution in [0.15, 0.2) is 23.4 Å². The van der Waals surface area contributed by atoms with Crippen LogP contribution in [0.2, 0.25) is 10.0 Å². The first-order valence-corrected chi connectivity index (χ1v) is 8.74. The van der Waals surface area contributed by atoms with Crippen LogP contribution >= 0.6 is 33.9 Å². The van der Waals surface area contributed by atoms with Crippen molar-refractivity contribution in [1.29, 1.82) is 0 Å². The summed E-state index contributed by atoms with van der Waals surface area (Å²) in [7, 11) is 1.38. The standard InChI is InChI=1S/C11H10Cl3N3O2S/c1-2-5-17-10(15-16-11(17)20(14,18)19)8-6-7(12)3-4-9(8)13/h3-4,6H,2,5H2,1H3. The lowest BCUT2D eigenvalue weighted by molar-refractivity contribution is 0.570. The molecule has 0 bridgehead atoms. The number of benzene rings is 1. The second-order valence-electron chi connectivity index (χ2n) is 4.02. The van der Waals surface area contributed by atoms with E-state index in [1.54, 1.807) is 18.2 Å². The molecule has 1 aromatic carbocycles. The lowest BCUT2D eigenvalue weighted by atomic mass is 10.2. The molecule has 0 radical (unpaired) electrons. The van der Waals surface area contributed by atoms with Crippen LogP contribution in [0.1, 0.15) is 13.3 Å². The van der Waals surface area contributed by atoms with Crippen molar-refractivity contribution in [2.75, 3.05) is 0 Å². The predicted molar refractivity (Wildman–Crippen MR) is 78.8 cm³/mol. The van der Waals surface area contributed by atoms with Crippen LogP contribution in [0.25, 0.3) is 11.4 Å². The van der Waals surface area contributed by atoms with Crippen molar-refractivity contribution in [2.45, 2.75) is 25.0 Å². The Balaban J connectivity index is 2.69. The zero-order valence-corrected chi connectivity index (χ0v) is 13.4. The molecule has 0 N–H and O–H groups in total. The Morgan fingerprint density at radius 3 is 2.55 bits per heavy atom. The molecular weight excluding hydrogens is 345 g/mol. The van der Waals surface area contributed by atoms with E-state index in [-0.39, 0.29) is 5.16 Å². The molecule has 9 heteroatoms. The lowest BCUT2D eigenvalue weighted by Gasteiger charge is -2.08. The van der Waals surface area contributed by atoms with E-state index in [2.05, 4.69) is 10.2 Å². The third-order valence-corrected chi connectivity index (χ3v) is 4.27. The van der Waals surface area contributed by atoms with Crippen molar-refractivity contribution in [1.82, 2.24) is 14.8 Å². The summed E-state index contributed by atoms with van der Waals surface area (Å²) in [5, 5.41) is 8.09. The average molecular weight is 355 g/mol. The fraction of sp³-hybridized carbons (Fsp3) is 0.273. The summed E-state index contributed by atoms with van der Waals surface area (Å²) in [5.41, 5.74) is 0.506. The zero-order chi connectivity index (χ0) is 14.9. The largest absolute Gasteiger partial charge is 0.297 e. The second-order valence-corrected chi connectivity index (χ2v) is 7.32. The van der Waals surface area contributed by atoms with Gasteiger partial charge < -0.3 is 0 Å². The molecule has 1 aromatic heterocycles. The molecule has 0 fully saturated rings. The van der Waals surface area contributed by atoms with Crippen LogP contribution in [0.5, 0.6) is 0 Å². The van der Waals surface area contributed by atoms with Gasteiger partial charge in [0.15, 0.2) is 5.82 Å². The number of rotatable bonds is 4. The van der Waals surface area contributed by atoms with Gasteiger partial charge in [0.25, 0.3) is 14.2 Å². The minimum atomic E-state index is -3.98. The van der Waals surface area contributed by atoms with Crippen LogP contribution in [-0.4, -0.2) is 23.2 Å². The van der Waals surface area contributed by atoms with E-state index in [0.717, 1.165) is 0 Å². The monoisotopic (exact) mass is 353 g/mol. The molecule has 1 heterocycles. The fourth-order valence-corrected chi connectivity index (χ4v) is 3.06. The molecule has 0 atom stereocenters. The predicted octanol–water partition coefficient (Wildman–Crippen LogP) is 3.59. The molecule has 0 aliphatic rings. The third kappa shape index (κ3) is 3.09. The van der Waals surface area contributed by atoms with Crippen molar-refractivity contribution in [2.24, 2.45) is 0 Å². The Labute approximate surface area is 130 Å². The molecule has 0 spiro atoms. The van der Waals surface area contributed by atoms with Crippen LogP contribution in [-0.2, 0) is 15.6 Å². The summed E-state index contributed by atoms with van der Waals surface area (Å²) in [6.07, 6.45) is 0.683. The Kier molecular flexibility index (Phi) is 4.59. The first-order valence-electron chi connectivity index (χ1n) is 5.68. The maximum atomic E-state index is 11.5. The maximum absolute atomic E-state index is 11.5. The van der Waals surface area contributed by atoms with Crippen LogP contribution < -0.4 is 0 Å². The van der Waals surface area contributed by atoms with Gasteiger partial charge >= 0.3 is 0 Å². The van der Waals surface area contributed by atoms with E-state index in [1.807, 2.05) is 6.92 Å². The summed E-state index contributed by atoms with van der Waals surface area (Å²) in [4.78, 5) is 0. The van der Waals surface area contributed by atoms with Gasteiger partial charge in [0.1, 0.15) is 0 Å². The molecule has 20 heavy (non-hydrogen) atoms. The summed E-state index contributed by atoms with van der Waals surface area (Å²) in [5.74, 6) is 0.318. The van der Waals surface area contributed by atoms with Crippen LogP contribution in [0.4, 0.5) is 0 Å². The first-order chi connectivity index (χ1) is 9.34. The molecule has 0 saturated carbocycles. The highest BCUT2D eigenvalue weighted by Gasteiger charge is 2.24. The summed E-state index contributed by atoms with van der Waals surface area (Å²) in [6, 6.07) is 4.84. The molecule has 2 rings (SSSR count). The average Bonchev–Trinajstić information content (AvgIpc) is 2.76. The van der Waals surface area contributed by atoms with E-state index < -0.39 is 9.05 Å². The van der Waals surface area contributed by atoms with Crippen molar-refractivity contribution >= 4 is 42.9 Å². The van der Waals surface area contributed by atoms with Gasteiger partial charge in [-0.15, -0.1) is 10.2 Å².